The van der Waals surface area contributed by atoms with Gasteiger partial charge in [0.15, 0.2) is 0 Å². The van der Waals surface area contributed by atoms with Crippen molar-refractivity contribution in [1.82, 2.24) is 0 Å². The zero-order valence-corrected chi connectivity index (χ0v) is 9.06. The molecule has 0 saturated carbocycles. The average Bonchev–Trinajstić information content (AvgIpc) is 2.16. The van der Waals surface area contributed by atoms with Crippen molar-refractivity contribution in [3.8, 4) is 5.75 Å². The molecule has 0 spiro atoms. The van der Waals surface area contributed by atoms with E-state index in [9.17, 15) is 9.90 Å². The zero-order chi connectivity index (χ0) is 11.3. The van der Waals surface area contributed by atoms with Crippen LogP contribution in [-0.2, 0) is 0 Å². The lowest BCUT2D eigenvalue weighted by Gasteiger charge is -2.08. The van der Waals surface area contributed by atoms with Crippen LogP contribution < -0.4 is 5.63 Å². The summed E-state index contributed by atoms with van der Waals surface area (Å²) in [6.45, 7) is 3.94. The summed E-state index contributed by atoms with van der Waals surface area (Å²) in [5, 5.41) is 9.24. The second-order valence-corrected chi connectivity index (χ2v) is 3.58. The highest BCUT2D eigenvalue weighted by Gasteiger charge is 2.09. The maximum Gasteiger partial charge on any atom is 0.339 e. The van der Waals surface area contributed by atoms with Crippen molar-refractivity contribution in [3.05, 3.63) is 40.5 Å². The van der Waals surface area contributed by atoms with Crippen LogP contribution >= 0.6 is 0 Å². The van der Waals surface area contributed by atoms with Gasteiger partial charge in [0.2, 0.25) is 0 Å². The fraction of sp³-hybridized carbons (Fsp3) is 0.417. The molecule has 1 atom stereocenters. The molecule has 0 aliphatic carbocycles. The Morgan fingerprint density at radius 2 is 2.27 bits per heavy atom. The molecule has 15 heavy (non-hydrogen) atoms. The first-order chi connectivity index (χ1) is 7.13. The molecule has 1 aromatic rings. The first kappa shape index (κ1) is 11.6. The van der Waals surface area contributed by atoms with Crippen molar-refractivity contribution in [3.63, 3.8) is 0 Å². The lowest BCUT2D eigenvalue weighted by atomic mass is 10.0. The maximum atomic E-state index is 11.0. The highest BCUT2D eigenvalue weighted by Crippen LogP contribution is 2.22. The summed E-state index contributed by atoms with van der Waals surface area (Å²) in [5.74, 6) is 0.657. The van der Waals surface area contributed by atoms with Crippen LogP contribution in [0.15, 0.2) is 33.5 Å². The summed E-state index contributed by atoms with van der Waals surface area (Å²) in [7, 11) is 0. The minimum Gasteiger partial charge on any atom is -0.508 e. The highest BCUT2D eigenvalue weighted by molar-refractivity contribution is 5.20. The van der Waals surface area contributed by atoms with Gasteiger partial charge in [-0.25, -0.2) is 4.79 Å². The van der Waals surface area contributed by atoms with Crippen LogP contribution in [-0.4, -0.2) is 5.11 Å². The molecule has 0 amide bonds. The van der Waals surface area contributed by atoms with E-state index < -0.39 is 5.63 Å². The molecule has 0 fully saturated rings. The third-order valence-electron chi connectivity index (χ3n) is 2.26. The number of aromatic hydroxyl groups is 1. The molecule has 3 nitrogen and oxygen atoms in total. The summed E-state index contributed by atoms with van der Waals surface area (Å²) in [5.41, 5.74) is -0.497. The molecule has 1 rings (SSSR count). The largest absolute Gasteiger partial charge is 0.508 e. The van der Waals surface area contributed by atoms with Gasteiger partial charge in [0.1, 0.15) is 11.5 Å². The Bertz CT molecular complexity index is 390. The Labute approximate surface area is 89.1 Å². The van der Waals surface area contributed by atoms with Crippen LogP contribution in [0, 0.1) is 0 Å². The second-order valence-electron chi connectivity index (χ2n) is 3.58. The number of allylic oxidation sites excluding steroid dienone is 2. The van der Waals surface area contributed by atoms with Gasteiger partial charge in [0.05, 0.1) is 6.07 Å². The predicted molar refractivity (Wildman–Crippen MR) is 59.1 cm³/mol. The normalized spacial score (nSPS) is 13.2. The minimum atomic E-state index is -0.497. The van der Waals surface area contributed by atoms with E-state index in [0.29, 0.717) is 5.76 Å². The monoisotopic (exact) mass is 208 g/mol. The second kappa shape index (κ2) is 5.39. The molecule has 0 aliphatic rings. The lowest BCUT2D eigenvalue weighted by Crippen LogP contribution is -2.01. The van der Waals surface area contributed by atoms with Crippen molar-refractivity contribution < 1.29 is 9.52 Å². The van der Waals surface area contributed by atoms with Crippen molar-refractivity contribution in [2.24, 2.45) is 0 Å². The summed E-state index contributed by atoms with van der Waals surface area (Å²) in [6, 6.07) is 2.57. The molecule has 1 heterocycles. The standard InChI is InChI=1S/C12H16O3/c1-3-4-5-6-9(2)11-7-10(13)8-12(14)15-11/h3-4,7-9,13H,5-6H2,1-2H3/b4-3+. The molecule has 0 aliphatic heterocycles. The summed E-state index contributed by atoms with van der Waals surface area (Å²) in [4.78, 5) is 11.0. The van der Waals surface area contributed by atoms with E-state index in [1.807, 2.05) is 19.9 Å². The third-order valence-corrected chi connectivity index (χ3v) is 2.26. The first-order valence-corrected chi connectivity index (χ1v) is 5.08. The first-order valence-electron chi connectivity index (χ1n) is 5.08. The quantitative estimate of drug-likeness (QED) is 0.774. The molecule has 0 aromatic carbocycles. The Kier molecular flexibility index (Phi) is 4.16. The maximum absolute atomic E-state index is 11.0. The van der Waals surface area contributed by atoms with Crippen LogP contribution in [0.3, 0.4) is 0 Å². The van der Waals surface area contributed by atoms with E-state index in [1.165, 1.54) is 6.07 Å². The fourth-order valence-electron chi connectivity index (χ4n) is 1.38. The van der Waals surface area contributed by atoms with Gasteiger partial charge in [0, 0.05) is 12.0 Å². The SMILES string of the molecule is C/C=C/CCC(C)c1cc(O)cc(=O)o1. The molecule has 1 aromatic heterocycles. The molecule has 0 saturated heterocycles. The molecule has 1 unspecified atom stereocenters. The van der Waals surface area contributed by atoms with E-state index in [1.54, 1.807) is 0 Å². The van der Waals surface area contributed by atoms with Crippen molar-refractivity contribution in [2.75, 3.05) is 0 Å². The average molecular weight is 208 g/mol. The van der Waals surface area contributed by atoms with E-state index >= 15 is 0 Å². The molecule has 0 bridgehead atoms. The molecule has 0 radical (unpaired) electrons. The topological polar surface area (TPSA) is 50.4 Å². The number of rotatable bonds is 4. The van der Waals surface area contributed by atoms with Gasteiger partial charge >= 0.3 is 5.63 Å². The van der Waals surface area contributed by atoms with Gasteiger partial charge in [0.25, 0.3) is 0 Å². The van der Waals surface area contributed by atoms with Gasteiger partial charge in [-0.05, 0) is 19.8 Å². The van der Waals surface area contributed by atoms with Crippen LogP contribution in [0.4, 0.5) is 0 Å². The predicted octanol–water partition coefficient (Wildman–Crippen LogP) is 2.81. The summed E-state index contributed by atoms with van der Waals surface area (Å²) >= 11 is 0. The van der Waals surface area contributed by atoms with E-state index in [4.69, 9.17) is 4.42 Å². The third kappa shape index (κ3) is 3.62. The van der Waals surface area contributed by atoms with Gasteiger partial charge in [-0.1, -0.05) is 19.1 Å². The van der Waals surface area contributed by atoms with Gasteiger partial charge in [-0.15, -0.1) is 0 Å². The van der Waals surface area contributed by atoms with Gasteiger partial charge in [-0.2, -0.15) is 0 Å². The Morgan fingerprint density at radius 3 is 2.87 bits per heavy atom. The lowest BCUT2D eigenvalue weighted by molar-refractivity contribution is 0.400. The van der Waals surface area contributed by atoms with E-state index in [2.05, 4.69) is 6.08 Å². The minimum absolute atomic E-state index is 0.0286. The highest BCUT2D eigenvalue weighted by atomic mass is 16.4. The molecule has 3 heteroatoms. The Morgan fingerprint density at radius 1 is 1.53 bits per heavy atom. The number of hydrogen-bond donors (Lipinski definition) is 1. The van der Waals surface area contributed by atoms with Gasteiger partial charge < -0.3 is 9.52 Å². The van der Waals surface area contributed by atoms with E-state index in [-0.39, 0.29) is 11.7 Å². The van der Waals surface area contributed by atoms with Crippen LogP contribution in [0.25, 0.3) is 0 Å². The summed E-state index contributed by atoms with van der Waals surface area (Å²) < 4.78 is 5.01. The molecule has 82 valence electrons. The smallest absolute Gasteiger partial charge is 0.339 e. The van der Waals surface area contributed by atoms with E-state index in [0.717, 1.165) is 18.9 Å². The number of hydrogen-bond acceptors (Lipinski definition) is 3. The zero-order valence-electron chi connectivity index (χ0n) is 9.06. The van der Waals surface area contributed by atoms with Crippen molar-refractivity contribution in [1.29, 1.82) is 0 Å². The molecular weight excluding hydrogens is 192 g/mol. The van der Waals surface area contributed by atoms with Crippen molar-refractivity contribution >= 4 is 0 Å². The Balaban J connectivity index is 2.72. The fourth-order valence-corrected chi connectivity index (χ4v) is 1.38. The van der Waals surface area contributed by atoms with Gasteiger partial charge in [-0.3, -0.25) is 0 Å². The molecular formula is C12H16O3. The summed E-state index contributed by atoms with van der Waals surface area (Å²) in [6.07, 6.45) is 5.90. The molecule has 1 N–H and O–H groups in total. The van der Waals surface area contributed by atoms with Crippen LogP contribution in [0.5, 0.6) is 5.75 Å². The Hall–Kier alpha value is -1.51. The van der Waals surface area contributed by atoms with Crippen molar-refractivity contribution in [2.45, 2.75) is 32.6 Å². The van der Waals surface area contributed by atoms with Crippen LogP contribution in [0.1, 0.15) is 38.4 Å². The van der Waals surface area contributed by atoms with Crippen LogP contribution in [0.2, 0.25) is 0 Å².